The molecular formula is C50H29N3. The molecule has 0 aliphatic carbocycles. The average molecular weight is 672 g/mol. The predicted octanol–water partition coefficient (Wildman–Crippen LogP) is 13.1. The summed E-state index contributed by atoms with van der Waals surface area (Å²) in [7, 11) is 0. The number of aromatic nitrogens is 2. The molecule has 3 nitrogen and oxygen atoms in total. The molecule has 0 aliphatic rings. The summed E-state index contributed by atoms with van der Waals surface area (Å²) in [5.41, 5.74) is 10.6. The van der Waals surface area contributed by atoms with E-state index < -0.39 is 0 Å². The van der Waals surface area contributed by atoms with Gasteiger partial charge in [0.2, 0.25) is 0 Å². The Kier molecular flexibility index (Phi) is 6.32. The molecule has 3 heteroatoms. The molecule has 9 aromatic carbocycles. The molecule has 0 radical (unpaired) electrons. The molecule has 0 unspecified atom stereocenters. The van der Waals surface area contributed by atoms with Crippen molar-refractivity contribution in [2.24, 2.45) is 0 Å². The van der Waals surface area contributed by atoms with Gasteiger partial charge in [-0.3, -0.25) is 4.98 Å². The van der Waals surface area contributed by atoms with Crippen LogP contribution >= 0.6 is 0 Å². The first-order valence-corrected chi connectivity index (χ1v) is 17.9. The van der Waals surface area contributed by atoms with Crippen molar-refractivity contribution in [3.63, 3.8) is 0 Å². The summed E-state index contributed by atoms with van der Waals surface area (Å²) in [6.07, 6.45) is 2.04. The number of para-hydroxylation sites is 1. The van der Waals surface area contributed by atoms with Crippen LogP contribution in [0.1, 0.15) is 5.56 Å². The first kappa shape index (κ1) is 29.5. The van der Waals surface area contributed by atoms with Crippen LogP contribution in [-0.2, 0) is 0 Å². The zero-order chi connectivity index (χ0) is 35.0. The van der Waals surface area contributed by atoms with Gasteiger partial charge in [0.15, 0.2) is 0 Å². The lowest BCUT2D eigenvalue weighted by molar-refractivity contribution is 1.18. The Bertz CT molecular complexity index is 3210. The Labute approximate surface area is 305 Å². The van der Waals surface area contributed by atoms with E-state index in [0.29, 0.717) is 5.56 Å². The molecular weight excluding hydrogens is 643 g/mol. The van der Waals surface area contributed by atoms with E-state index in [9.17, 15) is 5.26 Å². The van der Waals surface area contributed by atoms with E-state index in [0.717, 1.165) is 44.3 Å². The standard InChI is InChI=1S/C50H29N3/c51-29-31-25-33-21-22-34-27-36(28-46-49(34)48(33)45(26-31)53(46)37-13-2-1-3-14-37)44-24-23-35(30-52-44)47-40-16-6-8-18-42(40)50(43-19-9-7-17-41(43)47)39-20-10-12-32-11-4-5-15-38(32)39/h1-28,30H. The fourth-order valence-electron chi connectivity index (χ4n) is 8.72. The largest absolute Gasteiger partial charge is 0.309 e. The minimum atomic E-state index is 0.656. The van der Waals surface area contributed by atoms with Gasteiger partial charge in [0.1, 0.15) is 0 Å². The summed E-state index contributed by atoms with van der Waals surface area (Å²) in [5.74, 6) is 0. The molecule has 0 spiro atoms. The predicted molar refractivity (Wildman–Crippen MR) is 221 cm³/mol. The van der Waals surface area contributed by atoms with E-state index in [2.05, 4.69) is 162 Å². The zero-order valence-corrected chi connectivity index (χ0v) is 28.6. The second-order valence-electron chi connectivity index (χ2n) is 13.8. The maximum absolute atomic E-state index is 9.90. The molecule has 11 rings (SSSR count). The fourth-order valence-corrected chi connectivity index (χ4v) is 8.72. The molecule has 53 heavy (non-hydrogen) atoms. The molecule has 2 heterocycles. The van der Waals surface area contributed by atoms with Gasteiger partial charge in [-0.1, -0.05) is 127 Å². The van der Waals surface area contributed by atoms with E-state index in [1.54, 1.807) is 0 Å². The third-order valence-corrected chi connectivity index (χ3v) is 11.0. The van der Waals surface area contributed by atoms with E-state index >= 15 is 0 Å². The van der Waals surface area contributed by atoms with Crippen LogP contribution in [0.4, 0.5) is 0 Å². The van der Waals surface area contributed by atoms with Crippen LogP contribution in [0.2, 0.25) is 0 Å². The molecule has 0 N–H and O–H groups in total. The second-order valence-corrected chi connectivity index (χ2v) is 13.8. The van der Waals surface area contributed by atoms with Crippen LogP contribution in [0, 0.1) is 11.3 Å². The van der Waals surface area contributed by atoms with Crippen LogP contribution < -0.4 is 0 Å². The fraction of sp³-hybridized carbons (Fsp3) is 0. The number of hydrogen-bond acceptors (Lipinski definition) is 2. The summed E-state index contributed by atoms with van der Waals surface area (Å²) in [6, 6.07) is 62.9. The summed E-state index contributed by atoms with van der Waals surface area (Å²) >= 11 is 0. The molecule has 244 valence electrons. The lowest BCUT2D eigenvalue weighted by Gasteiger charge is -2.18. The van der Waals surface area contributed by atoms with Crippen molar-refractivity contribution in [3.05, 3.63) is 182 Å². The third-order valence-electron chi connectivity index (χ3n) is 11.0. The van der Waals surface area contributed by atoms with E-state index in [-0.39, 0.29) is 0 Å². The lowest BCUT2D eigenvalue weighted by atomic mass is 9.85. The topological polar surface area (TPSA) is 41.6 Å². The number of nitriles is 1. The van der Waals surface area contributed by atoms with Crippen molar-refractivity contribution in [2.75, 3.05) is 0 Å². The monoisotopic (exact) mass is 671 g/mol. The Balaban J connectivity index is 1.12. The third kappa shape index (κ3) is 4.37. The highest BCUT2D eigenvalue weighted by Crippen LogP contribution is 2.46. The molecule has 2 aromatic heterocycles. The van der Waals surface area contributed by atoms with Crippen LogP contribution in [0.3, 0.4) is 0 Å². The minimum Gasteiger partial charge on any atom is -0.309 e. The maximum atomic E-state index is 9.90. The quantitative estimate of drug-likeness (QED) is 0.138. The Morgan fingerprint density at radius 3 is 1.74 bits per heavy atom. The SMILES string of the molecule is N#Cc1cc2ccc3cc(-c4ccc(-c5c6ccccc6c(-c6cccc7ccccc67)c6ccccc56)cn4)cc4c3c2c(c1)n4-c1ccccc1. The Hall–Kier alpha value is -7.28. The zero-order valence-electron chi connectivity index (χ0n) is 28.6. The van der Waals surface area contributed by atoms with Crippen molar-refractivity contribution in [1.29, 1.82) is 5.26 Å². The van der Waals surface area contributed by atoms with Gasteiger partial charge >= 0.3 is 0 Å². The van der Waals surface area contributed by atoms with Gasteiger partial charge in [-0.05, 0) is 102 Å². The van der Waals surface area contributed by atoms with Crippen LogP contribution in [0.15, 0.2) is 176 Å². The molecule has 0 amide bonds. The van der Waals surface area contributed by atoms with Crippen molar-refractivity contribution in [2.45, 2.75) is 0 Å². The first-order chi connectivity index (χ1) is 26.2. The Morgan fingerprint density at radius 1 is 0.453 bits per heavy atom. The minimum absolute atomic E-state index is 0.656. The summed E-state index contributed by atoms with van der Waals surface area (Å²) in [4.78, 5) is 5.17. The molecule has 0 aliphatic heterocycles. The summed E-state index contributed by atoms with van der Waals surface area (Å²) in [6.45, 7) is 0. The van der Waals surface area contributed by atoms with Gasteiger partial charge in [-0.25, -0.2) is 0 Å². The van der Waals surface area contributed by atoms with Gasteiger partial charge in [0.25, 0.3) is 0 Å². The van der Waals surface area contributed by atoms with Gasteiger partial charge in [0.05, 0.1) is 28.4 Å². The van der Waals surface area contributed by atoms with Gasteiger partial charge < -0.3 is 4.57 Å². The number of pyridine rings is 1. The Morgan fingerprint density at radius 2 is 1.06 bits per heavy atom. The van der Waals surface area contributed by atoms with E-state index in [4.69, 9.17) is 4.98 Å². The number of hydrogen-bond donors (Lipinski definition) is 0. The maximum Gasteiger partial charge on any atom is 0.0992 e. The van der Waals surface area contributed by atoms with Crippen molar-refractivity contribution >= 4 is 64.9 Å². The van der Waals surface area contributed by atoms with E-state index in [1.807, 2.05) is 24.4 Å². The molecule has 0 saturated carbocycles. The van der Waals surface area contributed by atoms with Gasteiger partial charge in [0, 0.05) is 33.8 Å². The molecule has 0 fully saturated rings. The number of nitrogens with zero attached hydrogens (tertiary/aromatic N) is 3. The highest BCUT2D eigenvalue weighted by atomic mass is 15.0. The van der Waals surface area contributed by atoms with Crippen LogP contribution in [0.5, 0.6) is 0 Å². The van der Waals surface area contributed by atoms with Crippen LogP contribution in [0.25, 0.3) is 104 Å². The number of benzene rings is 9. The molecule has 11 aromatic rings. The molecule has 0 saturated heterocycles. The van der Waals surface area contributed by atoms with E-state index in [1.165, 1.54) is 59.8 Å². The van der Waals surface area contributed by atoms with Crippen LogP contribution in [-0.4, -0.2) is 9.55 Å². The highest BCUT2D eigenvalue weighted by molar-refractivity contribution is 6.26. The van der Waals surface area contributed by atoms with Crippen molar-refractivity contribution in [3.8, 4) is 45.3 Å². The summed E-state index contributed by atoms with van der Waals surface area (Å²) in [5, 5.41) is 21.9. The average Bonchev–Trinajstić information content (AvgIpc) is 3.56. The number of fused-ring (bicyclic) bond motifs is 3. The lowest BCUT2D eigenvalue weighted by Crippen LogP contribution is -1.94. The summed E-state index contributed by atoms with van der Waals surface area (Å²) < 4.78 is 2.29. The molecule has 0 atom stereocenters. The highest BCUT2D eigenvalue weighted by Gasteiger charge is 2.21. The number of rotatable bonds is 4. The smallest absolute Gasteiger partial charge is 0.0992 e. The normalized spacial score (nSPS) is 11.8. The van der Waals surface area contributed by atoms with Gasteiger partial charge in [-0.2, -0.15) is 5.26 Å². The van der Waals surface area contributed by atoms with Gasteiger partial charge in [-0.15, -0.1) is 0 Å². The van der Waals surface area contributed by atoms with Crippen molar-refractivity contribution < 1.29 is 0 Å². The first-order valence-electron chi connectivity index (χ1n) is 17.9. The second kappa shape index (κ2) is 11.4. The van der Waals surface area contributed by atoms with Crippen molar-refractivity contribution in [1.82, 2.24) is 9.55 Å². The molecule has 0 bridgehead atoms.